The number of rotatable bonds is 3. The van der Waals surface area contributed by atoms with Gasteiger partial charge in [0, 0.05) is 0 Å². The lowest BCUT2D eigenvalue weighted by Crippen LogP contribution is -2.02. The highest BCUT2D eigenvalue weighted by molar-refractivity contribution is 7.13. The second kappa shape index (κ2) is 4.94. The zero-order chi connectivity index (χ0) is 14.1. The van der Waals surface area contributed by atoms with Crippen LogP contribution in [0.15, 0.2) is 48.0 Å². The van der Waals surface area contributed by atoms with Gasteiger partial charge >= 0.3 is 5.97 Å². The molecule has 0 saturated carbocycles. The summed E-state index contributed by atoms with van der Waals surface area (Å²) in [4.78, 5) is 12.3. The first-order valence-electron chi connectivity index (χ1n) is 6.09. The fraction of sp³-hybridized carbons (Fsp3) is 0.0667. The molecule has 1 N–H and O–H groups in total. The number of carboxylic acid groups (broad SMARTS) is 1. The van der Waals surface area contributed by atoms with Crippen LogP contribution in [0, 0.1) is 6.92 Å². The Labute approximate surface area is 119 Å². The van der Waals surface area contributed by atoms with E-state index in [1.54, 1.807) is 4.68 Å². The number of aryl methyl sites for hydroxylation is 1. The summed E-state index contributed by atoms with van der Waals surface area (Å²) < 4.78 is 1.68. The predicted octanol–water partition coefficient (Wildman–Crippen LogP) is 3.61. The molecule has 100 valence electrons. The van der Waals surface area contributed by atoms with Gasteiger partial charge < -0.3 is 5.11 Å². The lowest BCUT2D eigenvalue weighted by atomic mass is 10.2. The summed E-state index contributed by atoms with van der Waals surface area (Å²) in [5.41, 5.74) is 2.84. The van der Waals surface area contributed by atoms with E-state index < -0.39 is 5.97 Å². The van der Waals surface area contributed by atoms with Gasteiger partial charge in [-0.1, -0.05) is 23.8 Å². The molecule has 0 unspecified atom stereocenters. The zero-order valence-corrected chi connectivity index (χ0v) is 11.6. The number of benzene rings is 1. The average Bonchev–Trinajstić information content (AvgIpc) is 3.08. The molecule has 2 heterocycles. The van der Waals surface area contributed by atoms with Gasteiger partial charge in [-0.3, -0.25) is 0 Å². The van der Waals surface area contributed by atoms with Crippen molar-refractivity contribution in [3.8, 4) is 16.3 Å². The number of hydrogen-bond donors (Lipinski definition) is 1. The Bertz CT molecular complexity index is 743. The number of hydrogen-bond acceptors (Lipinski definition) is 3. The van der Waals surface area contributed by atoms with Crippen molar-refractivity contribution >= 4 is 17.3 Å². The van der Waals surface area contributed by atoms with Gasteiger partial charge in [-0.25, -0.2) is 9.48 Å². The lowest BCUT2D eigenvalue weighted by Gasteiger charge is -2.07. The molecular weight excluding hydrogens is 272 g/mol. The van der Waals surface area contributed by atoms with E-state index in [2.05, 4.69) is 5.10 Å². The van der Waals surface area contributed by atoms with E-state index in [4.69, 9.17) is 0 Å². The third-order valence-electron chi connectivity index (χ3n) is 3.03. The van der Waals surface area contributed by atoms with Gasteiger partial charge in [0.2, 0.25) is 0 Å². The van der Waals surface area contributed by atoms with Crippen LogP contribution in [-0.2, 0) is 0 Å². The summed E-state index contributed by atoms with van der Waals surface area (Å²) in [7, 11) is 0. The summed E-state index contributed by atoms with van der Waals surface area (Å²) in [6, 6.07) is 11.6. The minimum Gasteiger partial charge on any atom is -0.478 e. The highest BCUT2D eigenvalue weighted by Gasteiger charge is 2.19. The highest BCUT2D eigenvalue weighted by atomic mass is 32.1. The van der Waals surface area contributed by atoms with E-state index >= 15 is 0 Å². The van der Waals surface area contributed by atoms with Gasteiger partial charge in [0.05, 0.1) is 22.5 Å². The summed E-state index contributed by atoms with van der Waals surface area (Å²) in [5, 5.41) is 15.5. The summed E-state index contributed by atoms with van der Waals surface area (Å²) in [6.07, 6.45) is 1.40. The fourth-order valence-corrected chi connectivity index (χ4v) is 2.81. The van der Waals surface area contributed by atoms with Crippen molar-refractivity contribution < 1.29 is 9.90 Å². The van der Waals surface area contributed by atoms with Crippen LogP contribution < -0.4 is 0 Å². The number of nitrogens with zero attached hydrogens (tertiary/aromatic N) is 2. The molecule has 0 aliphatic carbocycles. The number of thiophene rings is 1. The molecule has 0 spiro atoms. The van der Waals surface area contributed by atoms with Gasteiger partial charge in [0.25, 0.3) is 0 Å². The van der Waals surface area contributed by atoms with Gasteiger partial charge in [0.1, 0.15) is 5.56 Å². The second-order valence-corrected chi connectivity index (χ2v) is 5.38. The van der Waals surface area contributed by atoms with Crippen LogP contribution in [0.1, 0.15) is 15.9 Å². The van der Waals surface area contributed by atoms with Crippen LogP contribution >= 0.6 is 11.3 Å². The van der Waals surface area contributed by atoms with Crippen LogP contribution in [0.4, 0.5) is 0 Å². The van der Waals surface area contributed by atoms with E-state index in [1.165, 1.54) is 17.5 Å². The van der Waals surface area contributed by atoms with Gasteiger partial charge in [0.15, 0.2) is 0 Å². The quantitative estimate of drug-likeness (QED) is 0.799. The maximum absolute atomic E-state index is 11.4. The molecule has 4 nitrogen and oxygen atoms in total. The van der Waals surface area contributed by atoms with Crippen LogP contribution in [0.25, 0.3) is 16.3 Å². The maximum Gasteiger partial charge on any atom is 0.339 e. The minimum absolute atomic E-state index is 0.216. The molecule has 20 heavy (non-hydrogen) atoms. The van der Waals surface area contributed by atoms with Crippen molar-refractivity contribution in [1.82, 2.24) is 9.78 Å². The minimum atomic E-state index is -0.966. The van der Waals surface area contributed by atoms with E-state index in [-0.39, 0.29) is 5.56 Å². The Hall–Kier alpha value is -2.40. The topological polar surface area (TPSA) is 55.1 Å². The number of aromatic carboxylic acids is 1. The zero-order valence-electron chi connectivity index (χ0n) is 10.8. The van der Waals surface area contributed by atoms with Crippen molar-refractivity contribution in [2.45, 2.75) is 6.92 Å². The van der Waals surface area contributed by atoms with Crippen LogP contribution in [0.3, 0.4) is 0 Å². The van der Waals surface area contributed by atoms with E-state index in [0.29, 0.717) is 5.69 Å². The molecule has 5 heteroatoms. The first-order chi connectivity index (χ1) is 9.66. The maximum atomic E-state index is 11.4. The number of aromatic nitrogens is 2. The largest absolute Gasteiger partial charge is 0.478 e. The van der Waals surface area contributed by atoms with Crippen LogP contribution in [0.2, 0.25) is 0 Å². The molecule has 0 amide bonds. The Morgan fingerprint density at radius 2 is 2.00 bits per heavy atom. The van der Waals surface area contributed by atoms with Gasteiger partial charge in [-0.2, -0.15) is 5.10 Å². The molecular formula is C15H12N2O2S. The molecule has 3 aromatic rings. The molecule has 1 aromatic carbocycles. The summed E-state index contributed by atoms with van der Waals surface area (Å²) in [5.74, 6) is -0.966. The SMILES string of the molecule is Cc1ccc(-n2ncc(C(=O)O)c2-c2cccs2)cc1. The smallest absolute Gasteiger partial charge is 0.339 e. The van der Waals surface area contributed by atoms with E-state index in [9.17, 15) is 9.90 Å². The first-order valence-corrected chi connectivity index (χ1v) is 6.97. The molecule has 2 aromatic heterocycles. The Kier molecular flexibility index (Phi) is 3.12. The lowest BCUT2D eigenvalue weighted by molar-refractivity contribution is 0.0698. The average molecular weight is 284 g/mol. The molecule has 0 aliphatic rings. The Morgan fingerprint density at radius 3 is 2.60 bits per heavy atom. The molecule has 0 bridgehead atoms. The van der Waals surface area contributed by atoms with Crippen molar-refractivity contribution in [2.24, 2.45) is 0 Å². The molecule has 0 radical (unpaired) electrons. The van der Waals surface area contributed by atoms with Crippen molar-refractivity contribution in [3.05, 3.63) is 59.1 Å². The van der Waals surface area contributed by atoms with Gasteiger partial charge in [-0.15, -0.1) is 11.3 Å². The highest BCUT2D eigenvalue weighted by Crippen LogP contribution is 2.30. The molecule has 3 rings (SSSR count). The van der Waals surface area contributed by atoms with Crippen molar-refractivity contribution in [2.75, 3.05) is 0 Å². The molecule has 0 saturated heterocycles. The van der Waals surface area contributed by atoms with E-state index in [1.807, 2.05) is 48.7 Å². The van der Waals surface area contributed by atoms with Crippen LogP contribution in [-0.4, -0.2) is 20.9 Å². The Balaban J connectivity index is 2.21. The standard InChI is InChI=1S/C15H12N2O2S/c1-10-4-6-11(7-5-10)17-14(13-3-2-8-20-13)12(9-16-17)15(18)19/h2-9H,1H3,(H,18,19). The first kappa shape index (κ1) is 12.6. The number of carboxylic acids is 1. The summed E-state index contributed by atoms with van der Waals surface area (Å²) >= 11 is 1.50. The number of carbonyl (C=O) groups is 1. The second-order valence-electron chi connectivity index (χ2n) is 4.44. The normalized spacial score (nSPS) is 10.7. The third-order valence-corrected chi connectivity index (χ3v) is 3.91. The van der Waals surface area contributed by atoms with Crippen LogP contribution in [0.5, 0.6) is 0 Å². The fourth-order valence-electron chi connectivity index (χ4n) is 2.04. The van der Waals surface area contributed by atoms with E-state index in [0.717, 1.165) is 16.1 Å². The van der Waals surface area contributed by atoms with Crippen molar-refractivity contribution in [1.29, 1.82) is 0 Å². The van der Waals surface area contributed by atoms with Gasteiger partial charge in [-0.05, 0) is 30.5 Å². The Morgan fingerprint density at radius 1 is 1.25 bits per heavy atom. The molecule has 0 atom stereocenters. The molecule has 0 aliphatic heterocycles. The summed E-state index contributed by atoms with van der Waals surface area (Å²) in [6.45, 7) is 2.01. The third kappa shape index (κ3) is 2.12. The van der Waals surface area contributed by atoms with Crippen molar-refractivity contribution in [3.63, 3.8) is 0 Å². The predicted molar refractivity (Wildman–Crippen MR) is 78.6 cm³/mol. The molecule has 0 fully saturated rings. The monoisotopic (exact) mass is 284 g/mol.